The van der Waals surface area contributed by atoms with Gasteiger partial charge in [0.25, 0.3) is 0 Å². The molecule has 0 rings (SSSR count). The highest BCUT2D eigenvalue weighted by atomic mass is 16.2. The Morgan fingerprint density at radius 2 is 1.88 bits per heavy atom. The first kappa shape index (κ1) is 14.9. The summed E-state index contributed by atoms with van der Waals surface area (Å²) in [5.41, 5.74) is 5.31. The third-order valence-corrected chi connectivity index (χ3v) is 1.87. The van der Waals surface area contributed by atoms with E-state index >= 15 is 0 Å². The lowest BCUT2D eigenvalue weighted by Gasteiger charge is -2.20. The van der Waals surface area contributed by atoms with Gasteiger partial charge in [0.1, 0.15) is 0 Å². The van der Waals surface area contributed by atoms with E-state index in [-0.39, 0.29) is 23.9 Å². The summed E-state index contributed by atoms with van der Waals surface area (Å²) < 4.78 is 0. The van der Waals surface area contributed by atoms with Gasteiger partial charge >= 0.3 is 0 Å². The van der Waals surface area contributed by atoms with E-state index in [0.29, 0.717) is 6.42 Å². The van der Waals surface area contributed by atoms with Gasteiger partial charge in [0.05, 0.1) is 12.6 Å². The van der Waals surface area contributed by atoms with E-state index in [1.165, 1.54) is 0 Å². The fraction of sp³-hybridized carbons (Fsp3) is 0.818. The number of nitrogens with two attached hydrogens (primary N) is 1. The molecule has 0 fully saturated rings. The van der Waals surface area contributed by atoms with E-state index in [0.717, 1.165) is 6.42 Å². The summed E-state index contributed by atoms with van der Waals surface area (Å²) in [5, 5.41) is 5.26. The third kappa shape index (κ3) is 7.23. The van der Waals surface area contributed by atoms with Crippen LogP contribution in [0.4, 0.5) is 0 Å². The van der Waals surface area contributed by atoms with Gasteiger partial charge in [0.15, 0.2) is 0 Å². The van der Waals surface area contributed by atoms with Crippen LogP contribution in [0.1, 0.15) is 40.5 Å². The monoisotopic (exact) mass is 229 g/mol. The van der Waals surface area contributed by atoms with Crippen molar-refractivity contribution in [1.82, 2.24) is 10.6 Å². The number of carbonyl (C=O) groups excluding carboxylic acids is 2. The molecule has 1 atom stereocenters. The lowest BCUT2D eigenvalue weighted by Crippen LogP contribution is -2.48. The Morgan fingerprint density at radius 3 is 2.31 bits per heavy atom. The second-order valence-electron chi connectivity index (χ2n) is 4.91. The largest absolute Gasteiger partial charge is 0.350 e. The molecule has 0 saturated heterocycles. The van der Waals surface area contributed by atoms with Crippen LogP contribution in [0.2, 0.25) is 0 Å². The summed E-state index contributed by atoms with van der Waals surface area (Å²) >= 11 is 0. The number of amides is 2. The van der Waals surface area contributed by atoms with Crippen molar-refractivity contribution < 1.29 is 9.59 Å². The topological polar surface area (TPSA) is 84.2 Å². The van der Waals surface area contributed by atoms with Crippen LogP contribution in [-0.4, -0.2) is 29.9 Å². The van der Waals surface area contributed by atoms with Crippen molar-refractivity contribution >= 4 is 11.8 Å². The van der Waals surface area contributed by atoms with Crippen LogP contribution in [0.25, 0.3) is 0 Å². The van der Waals surface area contributed by atoms with E-state index in [9.17, 15) is 9.59 Å². The molecule has 1 unspecified atom stereocenters. The molecule has 94 valence electrons. The average molecular weight is 229 g/mol. The van der Waals surface area contributed by atoms with Crippen molar-refractivity contribution in [3.63, 3.8) is 0 Å². The lowest BCUT2D eigenvalue weighted by molar-refractivity contribution is -0.127. The first-order valence-corrected chi connectivity index (χ1v) is 5.60. The van der Waals surface area contributed by atoms with Gasteiger partial charge in [0.2, 0.25) is 11.8 Å². The quantitative estimate of drug-likeness (QED) is 0.627. The molecular weight excluding hydrogens is 206 g/mol. The molecule has 0 heterocycles. The molecule has 16 heavy (non-hydrogen) atoms. The fourth-order valence-electron chi connectivity index (χ4n) is 1.20. The zero-order valence-electron chi connectivity index (χ0n) is 10.6. The maximum Gasteiger partial charge on any atom is 0.239 e. The van der Waals surface area contributed by atoms with Crippen LogP contribution >= 0.6 is 0 Å². The number of hydrogen-bond acceptors (Lipinski definition) is 3. The molecule has 0 aliphatic carbocycles. The van der Waals surface area contributed by atoms with Gasteiger partial charge in [-0.3, -0.25) is 9.59 Å². The molecular formula is C11H23N3O2. The summed E-state index contributed by atoms with van der Waals surface area (Å²) in [5.74, 6) is -0.476. The van der Waals surface area contributed by atoms with Crippen LogP contribution < -0.4 is 16.4 Å². The summed E-state index contributed by atoms with van der Waals surface area (Å²) in [6, 6.07) is -0.521. The fourth-order valence-corrected chi connectivity index (χ4v) is 1.20. The molecule has 0 aliphatic heterocycles. The highest BCUT2D eigenvalue weighted by molar-refractivity contribution is 5.87. The Hall–Kier alpha value is -1.10. The molecule has 0 bridgehead atoms. The van der Waals surface area contributed by atoms with Crippen molar-refractivity contribution in [1.29, 1.82) is 0 Å². The van der Waals surface area contributed by atoms with Crippen molar-refractivity contribution in [2.24, 2.45) is 5.73 Å². The predicted molar refractivity (Wildman–Crippen MR) is 63.8 cm³/mol. The number of hydrogen-bond donors (Lipinski definition) is 3. The second kappa shape index (κ2) is 6.48. The Morgan fingerprint density at radius 1 is 1.31 bits per heavy atom. The molecule has 0 saturated carbocycles. The molecule has 0 aromatic heterocycles. The van der Waals surface area contributed by atoms with Crippen LogP contribution in [0, 0.1) is 0 Å². The number of rotatable bonds is 5. The zero-order chi connectivity index (χ0) is 12.8. The minimum atomic E-state index is -0.521. The Labute approximate surface area is 97.2 Å². The maximum atomic E-state index is 11.4. The van der Waals surface area contributed by atoms with Crippen molar-refractivity contribution in [3.05, 3.63) is 0 Å². The second-order valence-corrected chi connectivity index (χ2v) is 4.91. The molecule has 0 aromatic rings. The SMILES string of the molecule is CCCC(N)C(=O)NCC(=O)NC(C)(C)C. The molecule has 0 radical (unpaired) electrons. The highest BCUT2D eigenvalue weighted by Gasteiger charge is 2.16. The van der Waals surface area contributed by atoms with Gasteiger partial charge in [-0.25, -0.2) is 0 Å². The Kier molecular flexibility index (Phi) is 6.03. The number of carbonyl (C=O) groups is 2. The van der Waals surface area contributed by atoms with Crippen LogP contribution in [0.15, 0.2) is 0 Å². The molecule has 0 spiro atoms. The molecule has 4 N–H and O–H groups in total. The molecule has 2 amide bonds. The predicted octanol–water partition coefficient (Wildman–Crippen LogP) is 0.145. The first-order chi connectivity index (χ1) is 7.26. The summed E-state index contributed by atoms with van der Waals surface area (Å²) in [7, 11) is 0. The summed E-state index contributed by atoms with van der Waals surface area (Å²) in [6.07, 6.45) is 1.48. The third-order valence-electron chi connectivity index (χ3n) is 1.87. The summed E-state index contributed by atoms with van der Waals surface area (Å²) in [6.45, 7) is 7.59. The van der Waals surface area contributed by atoms with Gasteiger partial charge < -0.3 is 16.4 Å². The minimum Gasteiger partial charge on any atom is -0.350 e. The van der Waals surface area contributed by atoms with Crippen molar-refractivity contribution in [3.8, 4) is 0 Å². The van der Waals surface area contributed by atoms with Crippen LogP contribution in [0.3, 0.4) is 0 Å². The summed E-state index contributed by atoms with van der Waals surface area (Å²) in [4.78, 5) is 22.8. The van der Waals surface area contributed by atoms with Crippen LogP contribution in [-0.2, 0) is 9.59 Å². The molecule has 5 nitrogen and oxygen atoms in total. The van der Waals surface area contributed by atoms with E-state index in [1.807, 2.05) is 27.7 Å². The minimum absolute atomic E-state index is 0.0203. The van der Waals surface area contributed by atoms with Gasteiger partial charge in [-0.05, 0) is 27.2 Å². The van der Waals surface area contributed by atoms with Gasteiger partial charge in [-0.1, -0.05) is 13.3 Å². The van der Waals surface area contributed by atoms with Gasteiger partial charge in [-0.2, -0.15) is 0 Å². The van der Waals surface area contributed by atoms with E-state index in [1.54, 1.807) is 0 Å². The number of nitrogens with one attached hydrogen (secondary N) is 2. The van der Waals surface area contributed by atoms with Crippen molar-refractivity contribution in [2.75, 3.05) is 6.54 Å². The first-order valence-electron chi connectivity index (χ1n) is 5.60. The lowest BCUT2D eigenvalue weighted by atomic mass is 10.1. The van der Waals surface area contributed by atoms with Gasteiger partial charge in [-0.15, -0.1) is 0 Å². The Bertz CT molecular complexity index is 246. The molecule has 5 heteroatoms. The zero-order valence-corrected chi connectivity index (χ0v) is 10.6. The highest BCUT2D eigenvalue weighted by Crippen LogP contribution is 1.97. The van der Waals surface area contributed by atoms with E-state index in [2.05, 4.69) is 10.6 Å². The smallest absolute Gasteiger partial charge is 0.239 e. The standard InChI is InChI=1S/C11H23N3O2/c1-5-6-8(12)10(16)13-7-9(15)14-11(2,3)4/h8H,5-7,12H2,1-4H3,(H,13,16)(H,14,15). The Balaban J connectivity index is 3.88. The van der Waals surface area contributed by atoms with Crippen LogP contribution in [0.5, 0.6) is 0 Å². The molecule has 0 aliphatic rings. The van der Waals surface area contributed by atoms with Crippen molar-refractivity contribution in [2.45, 2.75) is 52.1 Å². The van der Waals surface area contributed by atoms with Gasteiger partial charge in [0, 0.05) is 5.54 Å². The molecule has 0 aromatic carbocycles. The van der Waals surface area contributed by atoms with E-state index < -0.39 is 6.04 Å². The average Bonchev–Trinajstić information content (AvgIpc) is 2.11. The maximum absolute atomic E-state index is 11.4. The van der Waals surface area contributed by atoms with E-state index in [4.69, 9.17) is 5.73 Å². The normalized spacial score (nSPS) is 13.1.